The van der Waals surface area contributed by atoms with E-state index in [9.17, 15) is 0 Å². The van der Waals surface area contributed by atoms with Crippen LogP contribution in [0.2, 0.25) is 0 Å². The van der Waals surface area contributed by atoms with Gasteiger partial charge < -0.3 is 5.73 Å². The van der Waals surface area contributed by atoms with Gasteiger partial charge in [-0.1, -0.05) is 45.9 Å². The Hall–Kier alpha value is 0.250. The van der Waals surface area contributed by atoms with Crippen LogP contribution in [0.15, 0.2) is 33.7 Å². The maximum atomic E-state index is 5.57. The molecule has 2 N–H and O–H groups in total. The van der Waals surface area contributed by atoms with Gasteiger partial charge in [0.15, 0.2) is 5.17 Å². The van der Waals surface area contributed by atoms with E-state index in [1.165, 1.54) is 11.8 Å². The second kappa shape index (κ2) is 7.53. The quantitative estimate of drug-likeness (QED) is 0.481. The minimum absolute atomic E-state index is 0. The van der Waals surface area contributed by atoms with Crippen molar-refractivity contribution < 1.29 is 0 Å². The number of nitrogens with zero attached hydrogens (tertiary/aromatic N) is 1. The summed E-state index contributed by atoms with van der Waals surface area (Å²) in [5.74, 6) is 0. The number of nitrogens with two attached hydrogens (primary N) is 1. The fraction of sp³-hybridized carbons (Fsp3) is 0.222. The summed E-state index contributed by atoms with van der Waals surface area (Å²) in [6.07, 6.45) is 1.92. The van der Waals surface area contributed by atoms with Gasteiger partial charge in [-0.3, -0.25) is 4.99 Å². The molecule has 0 saturated carbocycles. The van der Waals surface area contributed by atoms with E-state index >= 15 is 0 Å². The van der Waals surface area contributed by atoms with Gasteiger partial charge in [0.1, 0.15) is 0 Å². The highest BCUT2D eigenvalue weighted by Crippen LogP contribution is 2.16. The van der Waals surface area contributed by atoms with Crippen LogP contribution in [0.4, 0.5) is 0 Å². The van der Waals surface area contributed by atoms with Crippen LogP contribution in [-0.4, -0.2) is 11.4 Å². The number of hydrogen-bond donors (Lipinski definition) is 1. The Balaban J connectivity index is 0.00000169. The van der Waals surface area contributed by atoms with Crippen molar-refractivity contribution in [2.45, 2.75) is 6.54 Å². The zero-order chi connectivity index (χ0) is 9.68. The summed E-state index contributed by atoms with van der Waals surface area (Å²) in [4.78, 5) is 4.20. The van der Waals surface area contributed by atoms with Crippen LogP contribution < -0.4 is 5.73 Å². The number of aliphatic imine (C=N–C) groups is 1. The Morgan fingerprint density at radius 2 is 2.14 bits per heavy atom. The first-order chi connectivity index (χ1) is 6.24. The normalized spacial score (nSPS) is 10.9. The molecule has 1 aromatic rings. The molecule has 0 aliphatic carbocycles. The Morgan fingerprint density at radius 3 is 2.71 bits per heavy atom. The summed E-state index contributed by atoms with van der Waals surface area (Å²) in [6.45, 7) is 0.633. The minimum atomic E-state index is 0. The van der Waals surface area contributed by atoms with E-state index in [2.05, 4.69) is 20.9 Å². The van der Waals surface area contributed by atoms with Crippen LogP contribution in [0.5, 0.6) is 0 Å². The van der Waals surface area contributed by atoms with E-state index in [0.29, 0.717) is 11.7 Å². The largest absolute Gasteiger partial charge is 0.379 e. The molecule has 78 valence electrons. The van der Waals surface area contributed by atoms with Gasteiger partial charge in [0.25, 0.3) is 0 Å². The number of halogens is 2. The van der Waals surface area contributed by atoms with Crippen LogP contribution >= 0.6 is 51.7 Å². The standard InChI is InChI=1S/C9H11BrN2S.HI/c1-13-9(11)12-6-7-4-2-3-5-8(7)10;/h2-5H,6H2,1H3,(H2,11,12);1H. The van der Waals surface area contributed by atoms with Gasteiger partial charge in [-0.25, -0.2) is 0 Å². The lowest BCUT2D eigenvalue weighted by Crippen LogP contribution is -2.05. The molecule has 2 nitrogen and oxygen atoms in total. The molecule has 0 bridgehead atoms. The van der Waals surface area contributed by atoms with E-state index in [0.717, 1.165) is 10.0 Å². The molecule has 0 unspecified atom stereocenters. The smallest absolute Gasteiger partial charge is 0.153 e. The molecule has 0 radical (unpaired) electrons. The van der Waals surface area contributed by atoms with Crippen LogP contribution in [0.25, 0.3) is 0 Å². The Labute approximate surface area is 114 Å². The molecular formula is C9H12BrIN2S. The second-order valence-electron chi connectivity index (χ2n) is 2.45. The van der Waals surface area contributed by atoms with Crippen molar-refractivity contribution in [1.29, 1.82) is 0 Å². The highest BCUT2D eigenvalue weighted by molar-refractivity contribution is 14.0. The fourth-order valence-corrected chi connectivity index (χ4v) is 1.46. The van der Waals surface area contributed by atoms with Crippen molar-refractivity contribution in [3.05, 3.63) is 34.3 Å². The minimum Gasteiger partial charge on any atom is -0.379 e. The van der Waals surface area contributed by atoms with Crippen LogP contribution in [0.3, 0.4) is 0 Å². The highest BCUT2D eigenvalue weighted by atomic mass is 127. The molecule has 0 saturated heterocycles. The zero-order valence-electron chi connectivity index (χ0n) is 7.74. The van der Waals surface area contributed by atoms with E-state index in [1.54, 1.807) is 0 Å². The van der Waals surface area contributed by atoms with E-state index in [-0.39, 0.29) is 24.0 Å². The van der Waals surface area contributed by atoms with Gasteiger partial charge in [0.2, 0.25) is 0 Å². The molecule has 0 fully saturated rings. The molecule has 0 atom stereocenters. The van der Waals surface area contributed by atoms with Crippen LogP contribution in [0.1, 0.15) is 5.56 Å². The molecule has 0 aliphatic heterocycles. The van der Waals surface area contributed by atoms with Crippen molar-refractivity contribution in [3.8, 4) is 0 Å². The molecule has 0 amide bonds. The molecule has 0 aliphatic rings. The average molecular weight is 387 g/mol. The molecule has 14 heavy (non-hydrogen) atoms. The first-order valence-electron chi connectivity index (χ1n) is 3.81. The molecule has 1 rings (SSSR count). The number of thioether (sulfide) groups is 1. The topological polar surface area (TPSA) is 38.4 Å². The fourth-order valence-electron chi connectivity index (χ4n) is 0.854. The van der Waals surface area contributed by atoms with Crippen molar-refractivity contribution in [2.75, 3.05) is 6.26 Å². The summed E-state index contributed by atoms with van der Waals surface area (Å²) in [5, 5.41) is 0.621. The van der Waals surface area contributed by atoms with Gasteiger partial charge >= 0.3 is 0 Å². The first-order valence-corrected chi connectivity index (χ1v) is 5.83. The maximum absolute atomic E-state index is 5.57. The predicted octanol–water partition coefficient (Wildman–Crippen LogP) is 3.24. The third-order valence-electron chi connectivity index (χ3n) is 1.57. The number of benzene rings is 1. The lowest BCUT2D eigenvalue weighted by atomic mass is 10.2. The van der Waals surface area contributed by atoms with Gasteiger partial charge in [0, 0.05) is 4.47 Å². The van der Waals surface area contributed by atoms with Gasteiger partial charge in [-0.2, -0.15) is 0 Å². The monoisotopic (exact) mass is 386 g/mol. The first kappa shape index (κ1) is 14.2. The average Bonchev–Trinajstić information content (AvgIpc) is 2.16. The summed E-state index contributed by atoms with van der Waals surface area (Å²) in [5.41, 5.74) is 6.72. The molecule has 5 heteroatoms. The van der Waals surface area contributed by atoms with Crippen LogP contribution in [0, 0.1) is 0 Å². The van der Waals surface area contributed by atoms with Gasteiger partial charge in [0.05, 0.1) is 6.54 Å². The van der Waals surface area contributed by atoms with Gasteiger partial charge in [-0.15, -0.1) is 24.0 Å². The number of hydrogen-bond acceptors (Lipinski definition) is 2. The maximum Gasteiger partial charge on any atom is 0.153 e. The summed E-state index contributed by atoms with van der Waals surface area (Å²) in [7, 11) is 0. The van der Waals surface area contributed by atoms with Crippen molar-refractivity contribution in [3.63, 3.8) is 0 Å². The SMILES string of the molecule is CSC(N)=NCc1ccccc1Br.I. The summed E-state index contributed by atoms with van der Waals surface area (Å²) >= 11 is 4.91. The van der Waals surface area contributed by atoms with Gasteiger partial charge in [-0.05, 0) is 17.9 Å². The van der Waals surface area contributed by atoms with Crippen molar-refractivity contribution in [1.82, 2.24) is 0 Å². The zero-order valence-corrected chi connectivity index (χ0v) is 12.5. The number of amidine groups is 1. The Kier molecular flexibility index (Phi) is 7.66. The lowest BCUT2D eigenvalue weighted by molar-refractivity contribution is 1.06. The van der Waals surface area contributed by atoms with E-state index < -0.39 is 0 Å². The molecular weight excluding hydrogens is 375 g/mol. The molecule has 1 aromatic carbocycles. The molecule has 0 aromatic heterocycles. The van der Waals surface area contributed by atoms with E-state index in [4.69, 9.17) is 5.73 Å². The lowest BCUT2D eigenvalue weighted by Gasteiger charge is -2.00. The summed E-state index contributed by atoms with van der Waals surface area (Å²) < 4.78 is 1.08. The molecule has 0 heterocycles. The summed E-state index contributed by atoms with van der Waals surface area (Å²) in [6, 6.07) is 8.00. The van der Waals surface area contributed by atoms with E-state index in [1.807, 2.05) is 30.5 Å². The van der Waals surface area contributed by atoms with Crippen molar-refractivity contribution in [2.24, 2.45) is 10.7 Å². The number of rotatable bonds is 2. The van der Waals surface area contributed by atoms with Crippen LogP contribution in [-0.2, 0) is 6.54 Å². The van der Waals surface area contributed by atoms with Crippen molar-refractivity contribution >= 4 is 56.8 Å². The predicted molar refractivity (Wildman–Crippen MR) is 78.4 cm³/mol. The third-order valence-corrected chi connectivity index (χ3v) is 2.89. The highest BCUT2D eigenvalue weighted by Gasteiger charge is 1.96. The Morgan fingerprint density at radius 1 is 1.50 bits per heavy atom. The Bertz CT molecular complexity index is 317. The third kappa shape index (κ3) is 4.65. The molecule has 0 spiro atoms. The second-order valence-corrected chi connectivity index (χ2v) is 4.13.